The maximum atomic E-state index is 13.4. The monoisotopic (exact) mass is 514 g/mol. The third-order valence-electron chi connectivity index (χ3n) is 6.78. The van der Waals surface area contributed by atoms with E-state index in [-0.39, 0.29) is 22.6 Å². The Balaban J connectivity index is 1.86. The Hall–Kier alpha value is -4.66. The molecule has 9 heteroatoms. The zero-order valence-corrected chi connectivity index (χ0v) is 21.8. The quantitative estimate of drug-likeness (QED) is 0.146. The number of amides is 1. The molecular weight excluding hydrogens is 484 g/mol. The molecular formula is C29H30N4O5. The van der Waals surface area contributed by atoms with Gasteiger partial charge in [-0.1, -0.05) is 12.1 Å². The summed E-state index contributed by atoms with van der Waals surface area (Å²) in [4.78, 5) is 42.8. The third kappa shape index (κ3) is 4.82. The SMILES string of the molecule is CCN(CC)c1ccc(N2C(=O)C(=O)/C(=C(\O)c3ccc([N+](=O)[O-])cc3)C2c2ccc(N(C)C)cc2)cc1. The summed E-state index contributed by atoms with van der Waals surface area (Å²) in [6, 6.07) is 19.2. The molecule has 0 radical (unpaired) electrons. The number of nitrogens with zero attached hydrogens (tertiary/aromatic N) is 4. The topological polar surface area (TPSA) is 107 Å². The predicted molar refractivity (Wildman–Crippen MR) is 149 cm³/mol. The fourth-order valence-electron chi connectivity index (χ4n) is 4.68. The van der Waals surface area contributed by atoms with E-state index in [2.05, 4.69) is 18.7 Å². The van der Waals surface area contributed by atoms with Gasteiger partial charge < -0.3 is 14.9 Å². The second kappa shape index (κ2) is 10.8. The van der Waals surface area contributed by atoms with E-state index < -0.39 is 22.7 Å². The van der Waals surface area contributed by atoms with Crippen molar-refractivity contribution in [2.75, 3.05) is 41.9 Å². The van der Waals surface area contributed by atoms with Crippen molar-refractivity contribution in [1.82, 2.24) is 0 Å². The van der Waals surface area contributed by atoms with Crippen molar-refractivity contribution in [3.63, 3.8) is 0 Å². The average molecular weight is 515 g/mol. The van der Waals surface area contributed by atoms with Gasteiger partial charge in [-0.25, -0.2) is 0 Å². The van der Waals surface area contributed by atoms with Gasteiger partial charge in [0.2, 0.25) is 0 Å². The molecule has 1 N–H and O–H groups in total. The van der Waals surface area contributed by atoms with Gasteiger partial charge in [0, 0.05) is 61.9 Å². The molecule has 38 heavy (non-hydrogen) atoms. The van der Waals surface area contributed by atoms with Crippen LogP contribution in [0.5, 0.6) is 0 Å². The van der Waals surface area contributed by atoms with Gasteiger partial charge in [0.25, 0.3) is 17.4 Å². The zero-order chi connectivity index (χ0) is 27.6. The number of ketones is 1. The lowest BCUT2D eigenvalue weighted by Crippen LogP contribution is -2.29. The van der Waals surface area contributed by atoms with Crippen LogP contribution < -0.4 is 14.7 Å². The molecule has 4 rings (SSSR count). The highest BCUT2D eigenvalue weighted by Crippen LogP contribution is 2.43. The summed E-state index contributed by atoms with van der Waals surface area (Å²) in [5.41, 5.74) is 3.08. The Morgan fingerprint density at radius 3 is 1.95 bits per heavy atom. The molecule has 1 heterocycles. The first-order valence-corrected chi connectivity index (χ1v) is 12.4. The minimum Gasteiger partial charge on any atom is -0.507 e. The predicted octanol–water partition coefficient (Wildman–Crippen LogP) is 5.13. The van der Waals surface area contributed by atoms with Crippen molar-refractivity contribution in [3.05, 3.63) is 99.6 Å². The molecule has 0 aromatic heterocycles. The number of nitro groups is 1. The molecule has 0 spiro atoms. The van der Waals surface area contributed by atoms with Gasteiger partial charge in [0.1, 0.15) is 5.76 Å². The van der Waals surface area contributed by atoms with Crippen LogP contribution in [0, 0.1) is 10.1 Å². The van der Waals surface area contributed by atoms with Gasteiger partial charge in [0.05, 0.1) is 16.5 Å². The van der Waals surface area contributed by atoms with Crippen LogP contribution in [0.1, 0.15) is 31.0 Å². The summed E-state index contributed by atoms with van der Waals surface area (Å²) in [6.45, 7) is 5.78. The number of aliphatic hydroxyl groups is 1. The van der Waals surface area contributed by atoms with E-state index >= 15 is 0 Å². The highest BCUT2D eigenvalue weighted by Gasteiger charge is 2.47. The van der Waals surface area contributed by atoms with E-state index in [1.165, 1.54) is 29.2 Å². The molecule has 1 saturated heterocycles. The van der Waals surface area contributed by atoms with Crippen LogP contribution in [-0.2, 0) is 9.59 Å². The number of hydrogen-bond donors (Lipinski definition) is 1. The van der Waals surface area contributed by atoms with Crippen LogP contribution in [0.15, 0.2) is 78.4 Å². The Labute approximate surface area is 221 Å². The first-order valence-electron chi connectivity index (χ1n) is 12.4. The summed E-state index contributed by atoms with van der Waals surface area (Å²) in [6.07, 6.45) is 0. The second-order valence-corrected chi connectivity index (χ2v) is 9.15. The van der Waals surface area contributed by atoms with Crippen molar-refractivity contribution < 1.29 is 19.6 Å². The highest BCUT2D eigenvalue weighted by atomic mass is 16.6. The maximum absolute atomic E-state index is 13.4. The normalized spacial score (nSPS) is 16.5. The molecule has 0 aliphatic carbocycles. The number of hydrogen-bond acceptors (Lipinski definition) is 7. The first kappa shape index (κ1) is 26.4. The van der Waals surface area contributed by atoms with Gasteiger partial charge in [-0.3, -0.25) is 24.6 Å². The van der Waals surface area contributed by atoms with Gasteiger partial charge >= 0.3 is 0 Å². The lowest BCUT2D eigenvalue weighted by atomic mass is 9.94. The standard InChI is InChI=1S/C29H30N4O5/c1-5-31(6-2)22-15-17-23(18-16-22)32-26(19-7-11-21(12-8-19)30(3)4)25(28(35)29(32)36)27(34)20-9-13-24(14-10-20)33(37)38/h7-18,26,34H,5-6H2,1-4H3/b27-25-. The fourth-order valence-corrected chi connectivity index (χ4v) is 4.68. The number of carbonyl (C=O) groups is 2. The maximum Gasteiger partial charge on any atom is 0.300 e. The van der Waals surface area contributed by atoms with Crippen LogP contribution in [-0.4, -0.2) is 48.9 Å². The molecule has 1 unspecified atom stereocenters. The van der Waals surface area contributed by atoms with Crippen LogP contribution in [0.4, 0.5) is 22.7 Å². The number of rotatable bonds is 8. The molecule has 0 bridgehead atoms. The number of nitro benzene ring substituents is 1. The van der Waals surface area contributed by atoms with Gasteiger partial charge in [-0.05, 0) is 67.9 Å². The number of non-ortho nitro benzene ring substituents is 1. The smallest absolute Gasteiger partial charge is 0.300 e. The number of benzene rings is 3. The zero-order valence-electron chi connectivity index (χ0n) is 21.8. The third-order valence-corrected chi connectivity index (χ3v) is 6.78. The lowest BCUT2D eigenvalue weighted by Gasteiger charge is -2.27. The summed E-state index contributed by atoms with van der Waals surface area (Å²) in [7, 11) is 3.82. The van der Waals surface area contributed by atoms with E-state index in [1.807, 2.05) is 55.4 Å². The van der Waals surface area contributed by atoms with Gasteiger partial charge in [-0.2, -0.15) is 0 Å². The van der Waals surface area contributed by atoms with E-state index in [1.54, 1.807) is 12.1 Å². The van der Waals surface area contributed by atoms with E-state index in [0.29, 0.717) is 11.3 Å². The molecule has 1 atom stereocenters. The Kier molecular flexibility index (Phi) is 7.47. The molecule has 3 aromatic carbocycles. The van der Waals surface area contributed by atoms with Gasteiger partial charge in [-0.15, -0.1) is 0 Å². The van der Waals surface area contributed by atoms with Crippen molar-refractivity contribution in [3.8, 4) is 0 Å². The average Bonchev–Trinajstić information content (AvgIpc) is 3.19. The van der Waals surface area contributed by atoms with Crippen LogP contribution in [0.25, 0.3) is 5.76 Å². The van der Waals surface area contributed by atoms with Crippen LogP contribution >= 0.6 is 0 Å². The van der Waals surface area contributed by atoms with E-state index in [4.69, 9.17) is 0 Å². The van der Waals surface area contributed by atoms with Gasteiger partial charge in [0.15, 0.2) is 0 Å². The van der Waals surface area contributed by atoms with E-state index in [0.717, 1.165) is 24.5 Å². The van der Waals surface area contributed by atoms with Crippen LogP contribution in [0.2, 0.25) is 0 Å². The minimum atomic E-state index is -0.888. The Morgan fingerprint density at radius 2 is 1.45 bits per heavy atom. The minimum absolute atomic E-state index is 0.0747. The summed E-state index contributed by atoms with van der Waals surface area (Å²) >= 11 is 0. The van der Waals surface area contributed by atoms with Crippen molar-refractivity contribution in [2.24, 2.45) is 0 Å². The second-order valence-electron chi connectivity index (χ2n) is 9.15. The number of anilines is 3. The molecule has 196 valence electrons. The molecule has 0 saturated carbocycles. The molecule has 9 nitrogen and oxygen atoms in total. The largest absolute Gasteiger partial charge is 0.507 e. The summed E-state index contributed by atoms with van der Waals surface area (Å²) in [5, 5.41) is 22.3. The van der Waals surface area contributed by atoms with Crippen molar-refractivity contribution in [2.45, 2.75) is 19.9 Å². The summed E-state index contributed by atoms with van der Waals surface area (Å²) < 4.78 is 0. The van der Waals surface area contributed by atoms with Crippen LogP contribution in [0.3, 0.4) is 0 Å². The Morgan fingerprint density at radius 1 is 0.895 bits per heavy atom. The number of carbonyl (C=O) groups excluding carboxylic acids is 2. The van der Waals surface area contributed by atoms with Crippen molar-refractivity contribution >= 4 is 40.2 Å². The lowest BCUT2D eigenvalue weighted by molar-refractivity contribution is -0.384. The Bertz CT molecular complexity index is 1380. The molecule has 1 amide bonds. The highest BCUT2D eigenvalue weighted by molar-refractivity contribution is 6.51. The first-order chi connectivity index (χ1) is 18.2. The molecule has 1 fully saturated rings. The molecule has 3 aromatic rings. The fraction of sp³-hybridized carbons (Fsp3) is 0.241. The molecule has 1 aliphatic rings. The number of Topliss-reactive ketones (excluding diaryl/α,β-unsaturated/α-hetero) is 1. The number of aliphatic hydroxyl groups excluding tert-OH is 1. The summed E-state index contributed by atoms with van der Waals surface area (Å²) in [5.74, 6) is -1.97. The van der Waals surface area contributed by atoms with E-state index in [9.17, 15) is 24.8 Å². The molecule has 1 aliphatic heterocycles. The van der Waals surface area contributed by atoms with Crippen molar-refractivity contribution in [1.29, 1.82) is 0 Å².